The van der Waals surface area contributed by atoms with E-state index in [0.29, 0.717) is 16.1 Å². The number of thiophene rings is 1. The van der Waals surface area contributed by atoms with Gasteiger partial charge in [-0.2, -0.15) is 13.2 Å². The minimum absolute atomic E-state index is 0.0447. The van der Waals surface area contributed by atoms with E-state index in [0.717, 1.165) is 22.2 Å². The van der Waals surface area contributed by atoms with E-state index in [2.05, 4.69) is 16.9 Å². The Labute approximate surface area is 186 Å². The van der Waals surface area contributed by atoms with Gasteiger partial charge in [0.15, 0.2) is 9.84 Å². The lowest BCUT2D eigenvalue weighted by molar-refractivity contribution is -0.0968. The summed E-state index contributed by atoms with van der Waals surface area (Å²) < 4.78 is 64.0. The van der Waals surface area contributed by atoms with Gasteiger partial charge in [0.25, 0.3) is 0 Å². The molecule has 1 aromatic carbocycles. The molecular formula is C21H19F3N2O2S3. The van der Waals surface area contributed by atoms with Gasteiger partial charge in [-0.3, -0.25) is 0 Å². The number of benzene rings is 1. The molecule has 0 atom stereocenters. The first kappa shape index (κ1) is 23.2. The number of hydrogen-bond donors (Lipinski definition) is 1. The largest absolute Gasteiger partial charge is 0.430 e. The van der Waals surface area contributed by atoms with E-state index in [9.17, 15) is 21.6 Å². The molecule has 3 rings (SSSR count). The lowest BCUT2D eigenvalue weighted by atomic mass is 10.1. The molecule has 0 unspecified atom stereocenters. The molecule has 0 aliphatic carbocycles. The lowest BCUT2D eigenvalue weighted by Gasteiger charge is -2.14. The van der Waals surface area contributed by atoms with Gasteiger partial charge in [0.1, 0.15) is 5.70 Å². The fourth-order valence-corrected chi connectivity index (χ4v) is 4.92. The maximum atomic E-state index is 13.5. The van der Waals surface area contributed by atoms with E-state index in [4.69, 9.17) is 0 Å². The van der Waals surface area contributed by atoms with Crippen molar-refractivity contribution in [1.82, 2.24) is 10.3 Å². The van der Waals surface area contributed by atoms with Gasteiger partial charge in [0.2, 0.25) is 0 Å². The summed E-state index contributed by atoms with van der Waals surface area (Å²) in [5.74, 6) is 0. The Bertz CT molecular complexity index is 1240. The first-order valence-electron chi connectivity index (χ1n) is 8.97. The molecule has 0 saturated heterocycles. The number of aromatic nitrogens is 1. The minimum atomic E-state index is -4.57. The molecule has 164 valence electrons. The van der Waals surface area contributed by atoms with Crippen LogP contribution in [-0.2, 0) is 16.4 Å². The minimum Gasteiger partial charge on any atom is -0.375 e. The molecular weight excluding hydrogens is 465 g/mol. The zero-order valence-electron chi connectivity index (χ0n) is 16.7. The van der Waals surface area contributed by atoms with Gasteiger partial charge >= 0.3 is 6.18 Å². The van der Waals surface area contributed by atoms with E-state index in [-0.39, 0.29) is 17.0 Å². The molecule has 31 heavy (non-hydrogen) atoms. The van der Waals surface area contributed by atoms with Crippen molar-refractivity contribution in [2.45, 2.75) is 24.5 Å². The molecule has 1 N–H and O–H groups in total. The third kappa shape index (κ3) is 6.05. The maximum absolute atomic E-state index is 13.5. The highest BCUT2D eigenvalue weighted by Crippen LogP contribution is 2.34. The lowest BCUT2D eigenvalue weighted by Crippen LogP contribution is -2.26. The molecule has 2 heterocycles. The fraction of sp³-hybridized carbons (Fsp3) is 0.190. The van der Waals surface area contributed by atoms with Gasteiger partial charge < -0.3 is 5.32 Å². The van der Waals surface area contributed by atoms with Crippen LogP contribution < -0.4 is 5.32 Å². The number of rotatable bonds is 7. The molecule has 10 heteroatoms. The van der Waals surface area contributed by atoms with Crippen LogP contribution in [0.25, 0.3) is 16.0 Å². The summed E-state index contributed by atoms with van der Waals surface area (Å²) >= 11 is 2.61. The molecule has 2 aromatic heterocycles. The Balaban J connectivity index is 1.83. The number of sulfone groups is 1. The molecule has 0 aliphatic heterocycles. The van der Waals surface area contributed by atoms with Crippen LogP contribution >= 0.6 is 22.7 Å². The predicted molar refractivity (Wildman–Crippen MR) is 120 cm³/mol. The highest BCUT2D eigenvalue weighted by Gasteiger charge is 2.34. The molecule has 3 aromatic rings. The van der Waals surface area contributed by atoms with Crippen molar-refractivity contribution in [2.24, 2.45) is 0 Å². The third-order valence-electron chi connectivity index (χ3n) is 4.22. The number of hydrogen-bond acceptors (Lipinski definition) is 6. The topological polar surface area (TPSA) is 59.1 Å². The van der Waals surface area contributed by atoms with Gasteiger partial charge in [-0.25, -0.2) is 13.4 Å². The summed E-state index contributed by atoms with van der Waals surface area (Å²) in [6, 6.07) is 9.83. The van der Waals surface area contributed by atoms with E-state index >= 15 is 0 Å². The highest BCUT2D eigenvalue weighted by molar-refractivity contribution is 7.90. The number of halogens is 3. The van der Waals surface area contributed by atoms with Crippen molar-refractivity contribution >= 4 is 38.1 Å². The highest BCUT2D eigenvalue weighted by atomic mass is 32.2. The summed E-state index contributed by atoms with van der Waals surface area (Å²) in [4.78, 5) is 5.62. The van der Waals surface area contributed by atoms with Crippen molar-refractivity contribution in [3.05, 3.63) is 75.7 Å². The second-order valence-corrected chi connectivity index (χ2v) is 10.9. The summed E-state index contributed by atoms with van der Waals surface area (Å²) in [5, 5.41) is 4.90. The van der Waals surface area contributed by atoms with Crippen molar-refractivity contribution in [3.63, 3.8) is 0 Å². The number of nitrogens with one attached hydrogen (secondary N) is 1. The average molecular weight is 485 g/mol. The van der Waals surface area contributed by atoms with E-state index in [1.165, 1.54) is 28.7 Å². The van der Waals surface area contributed by atoms with Crippen LogP contribution in [-0.4, -0.2) is 25.8 Å². The van der Waals surface area contributed by atoms with Crippen molar-refractivity contribution in [1.29, 1.82) is 0 Å². The van der Waals surface area contributed by atoms with Gasteiger partial charge in [0.05, 0.1) is 22.1 Å². The summed E-state index contributed by atoms with van der Waals surface area (Å²) in [7, 11) is -3.36. The number of nitrogens with zero attached hydrogens (tertiary/aromatic N) is 1. The molecule has 0 amide bonds. The average Bonchev–Trinajstić information content (AvgIpc) is 3.33. The number of alkyl halides is 3. The molecule has 0 radical (unpaired) electrons. The Morgan fingerprint density at radius 3 is 2.61 bits per heavy atom. The Hall–Kier alpha value is -2.43. The van der Waals surface area contributed by atoms with Gasteiger partial charge in [0, 0.05) is 21.4 Å². The van der Waals surface area contributed by atoms with Crippen LogP contribution in [0.2, 0.25) is 0 Å². The molecule has 0 saturated carbocycles. The molecule has 0 spiro atoms. The SMILES string of the molecule is C=C(/C=C(\NCc1csc(C)n1)C(F)(F)F)c1ccc(-c2cccc(S(C)(=O)=O)c2)s1. The Kier molecular flexibility index (Phi) is 6.73. The quantitative estimate of drug-likeness (QED) is 0.429. The van der Waals surface area contributed by atoms with E-state index < -0.39 is 21.7 Å². The molecule has 0 aliphatic rings. The van der Waals surface area contributed by atoms with Gasteiger partial charge in [-0.05, 0) is 48.4 Å². The second kappa shape index (κ2) is 8.97. The van der Waals surface area contributed by atoms with Crippen molar-refractivity contribution in [2.75, 3.05) is 6.26 Å². The molecule has 0 bridgehead atoms. The third-order valence-corrected chi connectivity index (χ3v) is 7.36. The van der Waals surface area contributed by atoms with Crippen LogP contribution in [0.5, 0.6) is 0 Å². The van der Waals surface area contributed by atoms with Gasteiger partial charge in [-0.15, -0.1) is 22.7 Å². The van der Waals surface area contributed by atoms with Crippen LogP contribution in [0.4, 0.5) is 13.2 Å². The standard InChI is InChI=1S/C21H19F3N2O2S3/c1-13(9-20(21(22,23)24)25-11-16-12-29-14(2)26-16)18-7-8-19(30-18)15-5-4-6-17(10-15)31(3,27)28/h4-10,12,25H,1,11H2,2-3H3/b20-9-. The fourth-order valence-electron chi connectivity index (χ4n) is 2.70. The Morgan fingerprint density at radius 2 is 2.00 bits per heavy atom. The molecule has 0 fully saturated rings. The van der Waals surface area contributed by atoms with Gasteiger partial charge in [-0.1, -0.05) is 18.7 Å². The monoisotopic (exact) mass is 484 g/mol. The van der Waals surface area contributed by atoms with Crippen molar-refractivity contribution in [3.8, 4) is 10.4 Å². The van der Waals surface area contributed by atoms with E-state index in [1.807, 2.05) is 0 Å². The molecule has 4 nitrogen and oxygen atoms in total. The van der Waals surface area contributed by atoms with Crippen LogP contribution in [0.15, 0.2) is 65.0 Å². The van der Waals surface area contributed by atoms with Crippen LogP contribution in [0, 0.1) is 6.92 Å². The zero-order chi connectivity index (χ0) is 22.8. The van der Waals surface area contributed by atoms with E-state index in [1.54, 1.807) is 42.6 Å². The predicted octanol–water partition coefficient (Wildman–Crippen LogP) is 5.83. The zero-order valence-corrected chi connectivity index (χ0v) is 19.1. The second-order valence-electron chi connectivity index (χ2n) is 6.76. The number of aryl methyl sites for hydroxylation is 1. The summed E-state index contributed by atoms with van der Waals surface area (Å²) in [6.45, 7) is 5.53. The van der Waals surface area contributed by atoms with Crippen LogP contribution in [0.1, 0.15) is 15.6 Å². The van der Waals surface area contributed by atoms with Crippen molar-refractivity contribution < 1.29 is 21.6 Å². The Morgan fingerprint density at radius 1 is 1.26 bits per heavy atom. The summed E-state index contributed by atoms with van der Waals surface area (Å²) in [5.41, 5.74) is 0.499. The number of allylic oxidation sites excluding steroid dienone is 3. The first-order valence-corrected chi connectivity index (χ1v) is 12.6. The smallest absolute Gasteiger partial charge is 0.375 e. The number of thiazole rings is 1. The maximum Gasteiger partial charge on any atom is 0.430 e. The van der Waals surface area contributed by atoms with Crippen LogP contribution in [0.3, 0.4) is 0 Å². The summed E-state index contributed by atoms with van der Waals surface area (Å²) in [6.07, 6.45) is -2.48. The first-order chi connectivity index (χ1) is 14.4. The normalized spacial score (nSPS) is 12.7.